The van der Waals surface area contributed by atoms with Gasteiger partial charge in [0.25, 0.3) is 0 Å². The molecule has 2 heterocycles. The van der Waals surface area contributed by atoms with E-state index in [1.54, 1.807) is 12.4 Å². The highest BCUT2D eigenvalue weighted by Gasteiger charge is 2.12. The second kappa shape index (κ2) is 6.05. The molecule has 3 N–H and O–H groups in total. The van der Waals surface area contributed by atoms with Crippen molar-refractivity contribution < 1.29 is 4.74 Å². The molecule has 0 unspecified atom stereocenters. The summed E-state index contributed by atoms with van der Waals surface area (Å²) in [6.07, 6.45) is 4.53. The fourth-order valence-electron chi connectivity index (χ4n) is 2.51. The Morgan fingerprint density at radius 1 is 1.27 bits per heavy atom. The third-order valence-corrected chi connectivity index (χ3v) is 3.49. The smallest absolute Gasteiger partial charge is 0.153 e. The van der Waals surface area contributed by atoms with Crippen LogP contribution < -0.4 is 10.5 Å². The highest BCUT2D eigenvalue weighted by Crippen LogP contribution is 2.30. The van der Waals surface area contributed by atoms with Gasteiger partial charge in [-0.3, -0.25) is 10.1 Å². The number of nitrogens with two attached hydrogens (primary N) is 1. The largest absolute Gasteiger partial charge is 0.487 e. The summed E-state index contributed by atoms with van der Waals surface area (Å²) in [6, 6.07) is 8.04. The number of benzene rings is 1. The van der Waals surface area contributed by atoms with Crippen molar-refractivity contribution in [3.63, 3.8) is 0 Å². The van der Waals surface area contributed by atoms with Gasteiger partial charge in [0.15, 0.2) is 5.82 Å². The molecule has 0 aliphatic carbocycles. The molecule has 0 fully saturated rings. The third-order valence-electron chi connectivity index (χ3n) is 3.49. The van der Waals surface area contributed by atoms with E-state index < -0.39 is 0 Å². The molecule has 0 spiro atoms. The van der Waals surface area contributed by atoms with Crippen LogP contribution in [0.4, 0.5) is 5.82 Å². The number of hydrogen-bond acceptors (Lipinski definition) is 4. The fraction of sp³-hybridized carbons (Fsp3) is 0.294. The van der Waals surface area contributed by atoms with E-state index in [2.05, 4.69) is 41.2 Å². The van der Waals surface area contributed by atoms with Crippen LogP contribution in [0.1, 0.15) is 25.0 Å². The monoisotopic (exact) mass is 296 g/mol. The molecule has 5 nitrogen and oxygen atoms in total. The molecule has 0 atom stereocenters. The molecule has 0 bridgehead atoms. The van der Waals surface area contributed by atoms with Crippen molar-refractivity contribution in [2.24, 2.45) is 5.92 Å². The molecule has 0 saturated carbocycles. The van der Waals surface area contributed by atoms with Crippen LogP contribution in [0.3, 0.4) is 0 Å². The van der Waals surface area contributed by atoms with Gasteiger partial charge in [0.05, 0.1) is 0 Å². The van der Waals surface area contributed by atoms with Crippen molar-refractivity contribution in [1.29, 1.82) is 0 Å². The molecule has 2 aromatic heterocycles. The number of H-pyrrole nitrogens is 1. The first kappa shape index (κ1) is 14.4. The molecule has 3 aromatic rings. The minimum atomic E-state index is 0.465. The molecule has 0 saturated heterocycles. The second-order valence-corrected chi connectivity index (χ2v) is 5.87. The van der Waals surface area contributed by atoms with Crippen LogP contribution in [0.5, 0.6) is 5.75 Å². The van der Waals surface area contributed by atoms with Crippen LogP contribution >= 0.6 is 0 Å². The first-order valence-corrected chi connectivity index (χ1v) is 7.41. The van der Waals surface area contributed by atoms with Gasteiger partial charge in [0.2, 0.25) is 0 Å². The number of nitrogens with one attached hydrogen (secondary N) is 1. The average molecular weight is 296 g/mol. The van der Waals surface area contributed by atoms with Crippen molar-refractivity contribution in [3.05, 3.63) is 47.8 Å². The lowest BCUT2D eigenvalue weighted by Crippen LogP contribution is -1.99. The van der Waals surface area contributed by atoms with Crippen molar-refractivity contribution in [1.82, 2.24) is 15.2 Å². The Morgan fingerprint density at radius 3 is 2.86 bits per heavy atom. The predicted molar refractivity (Wildman–Crippen MR) is 87.6 cm³/mol. The zero-order chi connectivity index (χ0) is 15.5. The zero-order valence-electron chi connectivity index (χ0n) is 12.8. The Balaban J connectivity index is 1.92. The van der Waals surface area contributed by atoms with Gasteiger partial charge in [0, 0.05) is 23.3 Å². The Bertz CT molecular complexity index is 765. The summed E-state index contributed by atoms with van der Waals surface area (Å²) in [7, 11) is 0. The fourth-order valence-corrected chi connectivity index (χ4v) is 2.51. The van der Waals surface area contributed by atoms with E-state index in [0.29, 0.717) is 18.3 Å². The zero-order valence-corrected chi connectivity index (χ0v) is 12.8. The van der Waals surface area contributed by atoms with E-state index in [4.69, 9.17) is 10.5 Å². The van der Waals surface area contributed by atoms with Gasteiger partial charge < -0.3 is 10.5 Å². The third kappa shape index (κ3) is 3.03. The molecule has 114 valence electrons. The Hall–Kier alpha value is -2.56. The maximum absolute atomic E-state index is 5.97. The number of hydrogen-bond donors (Lipinski definition) is 2. The second-order valence-electron chi connectivity index (χ2n) is 5.87. The lowest BCUT2D eigenvalue weighted by atomic mass is 10.0. The lowest BCUT2D eigenvalue weighted by molar-refractivity contribution is 0.308. The number of nitrogen functional groups attached to an aromatic ring is 1. The van der Waals surface area contributed by atoms with Gasteiger partial charge in [-0.05, 0) is 36.1 Å². The predicted octanol–water partition coefficient (Wildman–Crippen LogP) is 3.32. The van der Waals surface area contributed by atoms with Crippen LogP contribution in [0.2, 0.25) is 0 Å². The molecule has 0 aliphatic rings. The molecule has 1 aromatic carbocycles. The Kier molecular flexibility index (Phi) is 3.96. The molecule has 0 amide bonds. The van der Waals surface area contributed by atoms with E-state index in [1.807, 2.05) is 12.1 Å². The summed E-state index contributed by atoms with van der Waals surface area (Å²) in [5.74, 6) is 1.85. The molecular formula is C17H20N4O. The number of fused-ring (bicyclic) bond motifs is 1. The maximum atomic E-state index is 5.97. The number of aromatic nitrogens is 3. The molecule has 0 radical (unpaired) electrons. The van der Waals surface area contributed by atoms with Gasteiger partial charge in [-0.15, -0.1) is 0 Å². The van der Waals surface area contributed by atoms with Crippen LogP contribution in [0, 0.1) is 5.92 Å². The lowest BCUT2D eigenvalue weighted by Gasteiger charge is -2.11. The summed E-state index contributed by atoms with van der Waals surface area (Å²) in [5.41, 5.74) is 9.02. The quantitative estimate of drug-likeness (QED) is 0.757. The number of rotatable bonds is 5. The Morgan fingerprint density at radius 2 is 2.14 bits per heavy atom. The van der Waals surface area contributed by atoms with Gasteiger partial charge in [0.1, 0.15) is 17.9 Å². The first-order chi connectivity index (χ1) is 10.6. The molecule has 0 aliphatic heterocycles. The maximum Gasteiger partial charge on any atom is 0.153 e. The van der Waals surface area contributed by atoms with E-state index in [0.717, 1.165) is 28.6 Å². The van der Waals surface area contributed by atoms with Crippen LogP contribution in [0.25, 0.3) is 10.9 Å². The van der Waals surface area contributed by atoms with Crippen LogP contribution in [-0.4, -0.2) is 15.2 Å². The van der Waals surface area contributed by atoms with Gasteiger partial charge >= 0.3 is 0 Å². The minimum absolute atomic E-state index is 0.465. The molecule has 22 heavy (non-hydrogen) atoms. The number of nitrogens with zero attached hydrogens (tertiary/aromatic N) is 2. The van der Waals surface area contributed by atoms with E-state index in [-0.39, 0.29) is 0 Å². The summed E-state index contributed by atoms with van der Waals surface area (Å²) >= 11 is 0. The molecular weight excluding hydrogens is 276 g/mol. The number of aromatic amines is 1. The normalized spacial score (nSPS) is 11.2. The van der Waals surface area contributed by atoms with E-state index in [1.165, 1.54) is 5.56 Å². The van der Waals surface area contributed by atoms with E-state index >= 15 is 0 Å². The van der Waals surface area contributed by atoms with Crippen molar-refractivity contribution in [3.8, 4) is 5.75 Å². The molecule has 5 heteroatoms. The topological polar surface area (TPSA) is 76.8 Å². The minimum Gasteiger partial charge on any atom is -0.487 e. The van der Waals surface area contributed by atoms with Crippen molar-refractivity contribution in [2.45, 2.75) is 26.9 Å². The number of ether oxygens (including phenoxy) is 1. The van der Waals surface area contributed by atoms with Crippen LogP contribution in [-0.2, 0) is 13.0 Å². The Labute approximate surface area is 129 Å². The summed E-state index contributed by atoms with van der Waals surface area (Å²) in [5, 5.41) is 7.97. The van der Waals surface area contributed by atoms with Gasteiger partial charge in [-0.25, -0.2) is 0 Å². The van der Waals surface area contributed by atoms with Crippen LogP contribution in [0.15, 0.2) is 36.7 Å². The summed E-state index contributed by atoms with van der Waals surface area (Å²) in [4.78, 5) is 4.10. The van der Waals surface area contributed by atoms with Gasteiger partial charge in [-0.1, -0.05) is 19.9 Å². The van der Waals surface area contributed by atoms with Crippen molar-refractivity contribution in [2.75, 3.05) is 5.73 Å². The van der Waals surface area contributed by atoms with Gasteiger partial charge in [-0.2, -0.15) is 5.10 Å². The highest BCUT2D eigenvalue weighted by molar-refractivity contribution is 5.93. The van der Waals surface area contributed by atoms with E-state index in [9.17, 15) is 0 Å². The standard InChI is InChI=1S/C17H20N4O/c1-11(2)6-13-7-14-16(20-21-17(14)18)15(8-13)22-10-12-4-3-5-19-9-12/h3-5,7-9,11H,6,10H2,1-2H3,(H3,18,20,21). The molecule has 3 rings (SSSR count). The summed E-state index contributed by atoms with van der Waals surface area (Å²) < 4.78 is 5.97. The highest BCUT2D eigenvalue weighted by atomic mass is 16.5. The number of anilines is 1. The first-order valence-electron chi connectivity index (χ1n) is 7.41. The average Bonchev–Trinajstić information content (AvgIpc) is 2.87. The summed E-state index contributed by atoms with van der Waals surface area (Å²) in [6.45, 7) is 4.85. The number of pyridine rings is 1. The van der Waals surface area contributed by atoms with Crippen molar-refractivity contribution >= 4 is 16.7 Å². The SMILES string of the molecule is CC(C)Cc1cc(OCc2cccnc2)c2[nH]nc(N)c2c1.